The molecular formula is C10H19NO2. The Kier molecular flexibility index (Phi) is 4.83. The molecule has 1 N–H and O–H groups in total. The maximum absolute atomic E-state index is 11.2. The van der Waals surface area contributed by atoms with Gasteiger partial charge in [0.15, 0.2) is 0 Å². The highest BCUT2D eigenvalue weighted by Gasteiger charge is 2.16. The van der Waals surface area contributed by atoms with Crippen LogP contribution in [0, 0.1) is 5.92 Å². The second-order valence-electron chi connectivity index (χ2n) is 3.64. The monoisotopic (exact) mass is 185 g/mol. The third-order valence-electron chi connectivity index (χ3n) is 2.32. The molecule has 1 saturated heterocycles. The van der Waals surface area contributed by atoms with Gasteiger partial charge in [0.25, 0.3) is 0 Å². The highest BCUT2D eigenvalue weighted by molar-refractivity contribution is 5.69. The number of hydrogen-bond acceptors (Lipinski definition) is 3. The van der Waals surface area contributed by atoms with E-state index >= 15 is 0 Å². The molecule has 0 aromatic carbocycles. The first kappa shape index (κ1) is 10.5. The maximum atomic E-state index is 11.2. The van der Waals surface area contributed by atoms with Gasteiger partial charge < -0.3 is 10.1 Å². The first-order valence-corrected chi connectivity index (χ1v) is 5.19. The molecule has 76 valence electrons. The van der Waals surface area contributed by atoms with Gasteiger partial charge in [0, 0.05) is 6.42 Å². The Bertz CT molecular complexity index is 153. The van der Waals surface area contributed by atoms with Crippen LogP contribution in [-0.4, -0.2) is 25.7 Å². The molecule has 1 aliphatic heterocycles. The molecule has 13 heavy (non-hydrogen) atoms. The van der Waals surface area contributed by atoms with E-state index in [1.165, 1.54) is 6.42 Å². The van der Waals surface area contributed by atoms with E-state index in [9.17, 15) is 4.79 Å². The molecule has 0 spiro atoms. The number of hydrogen-bond donors (Lipinski definition) is 1. The Morgan fingerprint density at radius 2 is 2.46 bits per heavy atom. The third kappa shape index (κ3) is 4.27. The van der Waals surface area contributed by atoms with Gasteiger partial charge in [-0.2, -0.15) is 0 Å². The van der Waals surface area contributed by atoms with Crippen molar-refractivity contribution >= 4 is 5.97 Å². The van der Waals surface area contributed by atoms with Crippen LogP contribution in [0.3, 0.4) is 0 Å². The number of carbonyl (C=O) groups excluding carboxylic acids is 1. The lowest BCUT2D eigenvalue weighted by atomic mass is 9.96. The number of nitrogens with one attached hydrogen (secondary N) is 1. The van der Waals surface area contributed by atoms with E-state index in [-0.39, 0.29) is 5.97 Å². The van der Waals surface area contributed by atoms with Gasteiger partial charge in [-0.25, -0.2) is 0 Å². The fourth-order valence-corrected chi connectivity index (χ4v) is 1.61. The molecule has 1 rings (SSSR count). The number of rotatable bonds is 4. The molecule has 0 saturated carbocycles. The van der Waals surface area contributed by atoms with E-state index in [1.807, 2.05) is 6.92 Å². The predicted octanol–water partition coefficient (Wildman–Crippen LogP) is 1.33. The van der Waals surface area contributed by atoms with Crippen molar-refractivity contribution in [2.75, 3.05) is 19.7 Å². The topological polar surface area (TPSA) is 38.3 Å². The molecule has 1 fully saturated rings. The first-order valence-electron chi connectivity index (χ1n) is 5.19. The van der Waals surface area contributed by atoms with Crippen LogP contribution in [-0.2, 0) is 9.53 Å². The fraction of sp³-hybridized carbons (Fsp3) is 0.900. The molecule has 1 heterocycles. The van der Waals surface area contributed by atoms with Crippen molar-refractivity contribution in [2.45, 2.75) is 32.6 Å². The number of piperidine rings is 1. The first-order chi connectivity index (χ1) is 6.33. The van der Waals surface area contributed by atoms with Gasteiger partial charge in [-0.05, 0) is 38.3 Å². The molecular weight excluding hydrogens is 166 g/mol. The van der Waals surface area contributed by atoms with Crippen LogP contribution >= 0.6 is 0 Å². The molecule has 0 amide bonds. The Balaban J connectivity index is 2.11. The van der Waals surface area contributed by atoms with Crippen molar-refractivity contribution in [1.29, 1.82) is 0 Å². The minimum atomic E-state index is -0.0319. The molecule has 1 atom stereocenters. The molecule has 1 aliphatic rings. The smallest absolute Gasteiger partial charge is 0.306 e. The van der Waals surface area contributed by atoms with E-state index in [0.717, 1.165) is 25.9 Å². The van der Waals surface area contributed by atoms with Gasteiger partial charge in [0.1, 0.15) is 0 Å². The predicted molar refractivity (Wildman–Crippen MR) is 51.5 cm³/mol. The Labute approximate surface area is 79.8 Å². The van der Waals surface area contributed by atoms with E-state index in [4.69, 9.17) is 4.74 Å². The summed E-state index contributed by atoms with van der Waals surface area (Å²) in [4.78, 5) is 11.2. The lowest BCUT2D eigenvalue weighted by molar-refractivity contribution is -0.144. The van der Waals surface area contributed by atoms with Crippen molar-refractivity contribution in [3.05, 3.63) is 0 Å². The van der Waals surface area contributed by atoms with Crippen molar-refractivity contribution < 1.29 is 9.53 Å². The van der Waals surface area contributed by atoms with Crippen LogP contribution in [0.1, 0.15) is 32.6 Å². The van der Waals surface area contributed by atoms with Gasteiger partial charge in [-0.15, -0.1) is 0 Å². The Morgan fingerprint density at radius 1 is 1.62 bits per heavy atom. The summed E-state index contributed by atoms with van der Waals surface area (Å²) in [5, 5.41) is 3.29. The Hall–Kier alpha value is -0.570. The van der Waals surface area contributed by atoms with Crippen molar-refractivity contribution in [2.24, 2.45) is 5.92 Å². The van der Waals surface area contributed by atoms with Crippen LogP contribution < -0.4 is 5.32 Å². The average Bonchev–Trinajstić information content (AvgIpc) is 2.16. The van der Waals surface area contributed by atoms with Crippen LogP contribution in [0.2, 0.25) is 0 Å². The van der Waals surface area contributed by atoms with E-state index < -0.39 is 0 Å². The molecule has 3 heteroatoms. The normalized spacial score (nSPS) is 22.7. The minimum Gasteiger partial charge on any atom is -0.466 e. The number of ether oxygens (including phenoxy) is 1. The highest BCUT2D eigenvalue weighted by Crippen LogP contribution is 2.14. The summed E-state index contributed by atoms with van der Waals surface area (Å²) in [6, 6.07) is 0. The summed E-state index contributed by atoms with van der Waals surface area (Å²) >= 11 is 0. The standard InChI is InChI=1S/C10H19NO2/c1-2-6-13-10(12)7-9-4-3-5-11-8-9/h9,11H,2-8H2,1H3. The largest absolute Gasteiger partial charge is 0.466 e. The van der Waals surface area contributed by atoms with Gasteiger partial charge >= 0.3 is 5.97 Å². The molecule has 0 aromatic rings. The molecule has 0 radical (unpaired) electrons. The van der Waals surface area contributed by atoms with Gasteiger partial charge in [-0.1, -0.05) is 6.92 Å². The zero-order valence-electron chi connectivity index (χ0n) is 8.34. The molecule has 1 unspecified atom stereocenters. The lowest BCUT2D eigenvalue weighted by Gasteiger charge is -2.21. The summed E-state index contributed by atoms with van der Waals surface area (Å²) in [6.07, 6.45) is 3.85. The molecule has 3 nitrogen and oxygen atoms in total. The quantitative estimate of drug-likeness (QED) is 0.671. The van der Waals surface area contributed by atoms with E-state index in [1.54, 1.807) is 0 Å². The lowest BCUT2D eigenvalue weighted by Crippen LogP contribution is -2.31. The average molecular weight is 185 g/mol. The summed E-state index contributed by atoms with van der Waals surface area (Å²) in [6.45, 7) is 4.65. The zero-order valence-corrected chi connectivity index (χ0v) is 8.34. The van der Waals surface area contributed by atoms with Crippen molar-refractivity contribution in [3.8, 4) is 0 Å². The summed E-state index contributed by atoms with van der Waals surface area (Å²) in [5.41, 5.74) is 0. The second kappa shape index (κ2) is 5.97. The van der Waals surface area contributed by atoms with Crippen molar-refractivity contribution in [3.63, 3.8) is 0 Å². The zero-order chi connectivity index (χ0) is 9.52. The second-order valence-corrected chi connectivity index (χ2v) is 3.64. The van der Waals surface area contributed by atoms with Crippen LogP contribution in [0.25, 0.3) is 0 Å². The SMILES string of the molecule is CCCOC(=O)CC1CCCNC1. The van der Waals surface area contributed by atoms with Crippen LogP contribution in [0.15, 0.2) is 0 Å². The van der Waals surface area contributed by atoms with Crippen LogP contribution in [0.4, 0.5) is 0 Å². The van der Waals surface area contributed by atoms with E-state index in [2.05, 4.69) is 5.32 Å². The summed E-state index contributed by atoms with van der Waals surface area (Å²) < 4.78 is 5.03. The van der Waals surface area contributed by atoms with Crippen molar-refractivity contribution in [1.82, 2.24) is 5.32 Å². The number of esters is 1. The third-order valence-corrected chi connectivity index (χ3v) is 2.32. The number of carbonyl (C=O) groups is 1. The summed E-state index contributed by atoms with van der Waals surface area (Å²) in [5.74, 6) is 0.466. The van der Waals surface area contributed by atoms with Gasteiger partial charge in [-0.3, -0.25) is 4.79 Å². The maximum Gasteiger partial charge on any atom is 0.306 e. The van der Waals surface area contributed by atoms with E-state index in [0.29, 0.717) is 18.9 Å². The molecule has 0 aromatic heterocycles. The summed E-state index contributed by atoms with van der Waals surface area (Å²) in [7, 11) is 0. The fourth-order valence-electron chi connectivity index (χ4n) is 1.61. The van der Waals surface area contributed by atoms with Gasteiger partial charge in [0.2, 0.25) is 0 Å². The highest BCUT2D eigenvalue weighted by atomic mass is 16.5. The van der Waals surface area contributed by atoms with Gasteiger partial charge in [0.05, 0.1) is 6.61 Å². The molecule has 0 aliphatic carbocycles. The Morgan fingerprint density at radius 3 is 3.08 bits per heavy atom. The van der Waals surface area contributed by atoms with Crippen LogP contribution in [0.5, 0.6) is 0 Å². The molecule has 0 bridgehead atoms. The minimum absolute atomic E-state index is 0.0319.